The lowest BCUT2D eigenvalue weighted by atomic mass is 9.95. The SMILES string of the molecule is O=C(C1CCOC1)N1CCC(c2nnc3ccc(C4CC4)nn23)CC1. The van der Waals surface area contributed by atoms with Gasteiger partial charge in [-0.2, -0.15) is 9.61 Å². The molecule has 0 radical (unpaired) electrons. The van der Waals surface area contributed by atoms with Gasteiger partial charge >= 0.3 is 0 Å². The van der Waals surface area contributed by atoms with Crippen LogP contribution in [-0.2, 0) is 9.53 Å². The Kier molecular flexibility index (Phi) is 3.69. The second-order valence-electron chi connectivity index (χ2n) is 7.52. The molecule has 1 saturated carbocycles. The van der Waals surface area contributed by atoms with Crippen LogP contribution in [0.4, 0.5) is 0 Å². The predicted molar refractivity (Wildman–Crippen MR) is 90.2 cm³/mol. The Bertz CT molecular complexity index is 786. The number of piperidine rings is 1. The molecule has 2 aromatic rings. The summed E-state index contributed by atoms with van der Waals surface area (Å²) < 4.78 is 7.29. The number of carbonyl (C=O) groups excluding carboxylic acids is 1. The lowest BCUT2D eigenvalue weighted by molar-refractivity contribution is -0.136. The van der Waals surface area contributed by atoms with E-state index in [1.807, 2.05) is 15.5 Å². The zero-order chi connectivity index (χ0) is 16.8. The lowest BCUT2D eigenvalue weighted by Crippen LogP contribution is -2.41. The number of fused-ring (bicyclic) bond motifs is 1. The van der Waals surface area contributed by atoms with Crippen LogP contribution in [0, 0.1) is 5.92 Å². The molecule has 2 aromatic heterocycles. The highest BCUT2D eigenvalue weighted by molar-refractivity contribution is 5.79. The van der Waals surface area contributed by atoms with Crippen molar-refractivity contribution in [2.75, 3.05) is 26.3 Å². The highest BCUT2D eigenvalue weighted by atomic mass is 16.5. The molecule has 4 heterocycles. The Morgan fingerprint density at radius 2 is 1.88 bits per heavy atom. The molecule has 1 unspecified atom stereocenters. The molecular weight excluding hydrogens is 318 g/mol. The first-order valence-electron chi connectivity index (χ1n) is 9.38. The molecule has 1 amide bonds. The smallest absolute Gasteiger partial charge is 0.228 e. The van der Waals surface area contributed by atoms with Crippen molar-refractivity contribution in [1.29, 1.82) is 0 Å². The van der Waals surface area contributed by atoms with Crippen LogP contribution in [0.3, 0.4) is 0 Å². The molecule has 2 saturated heterocycles. The number of aromatic nitrogens is 4. The molecule has 0 bridgehead atoms. The molecule has 7 heteroatoms. The molecule has 7 nitrogen and oxygen atoms in total. The van der Waals surface area contributed by atoms with Crippen LogP contribution in [-0.4, -0.2) is 56.9 Å². The van der Waals surface area contributed by atoms with Gasteiger partial charge in [0.2, 0.25) is 5.91 Å². The van der Waals surface area contributed by atoms with Gasteiger partial charge in [-0.3, -0.25) is 4.79 Å². The van der Waals surface area contributed by atoms with Crippen LogP contribution in [0.2, 0.25) is 0 Å². The maximum absolute atomic E-state index is 12.5. The Morgan fingerprint density at radius 1 is 1.04 bits per heavy atom. The van der Waals surface area contributed by atoms with Gasteiger partial charge in [0, 0.05) is 31.5 Å². The van der Waals surface area contributed by atoms with Gasteiger partial charge in [-0.15, -0.1) is 10.2 Å². The number of likely N-dealkylation sites (tertiary alicyclic amines) is 1. The molecule has 2 aliphatic heterocycles. The number of ether oxygens (including phenoxy) is 1. The highest BCUT2D eigenvalue weighted by Crippen LogP contribution is 2.39. The monoisotopic (exact) mass is 341 g/mol. The fourth-order valence-corrected chi connectivity index (χ4v) is 4.02. The topological polar surface area (TPSA) is 72.6 Å². The molecule has 0 N–H and O–H groups in total. The maximum Gasteiger partial charge on any atom is 0.228 e. The minimum absolute atomic E-state index is 0.0632. The van der Waals surface area contributed by atoms with Crippen LogP contribution in [0.5, 0.6) is 0 Å². The van der Waals surface area contributed by atoms with E-state index in [1.165, 1.54) is 12.8 Å². The Morgan fingerprint density at radius 3 is 2.60 bits per heavy atom. The number of hydrogen-bond acceptors (Lipinski definition) is 5. The van der Waals surface area contributed by atoms with E-state index in [0.29, 0.717) is 25.0 Å². The van der Waals surface area contributed by atoms with Crippen LogP contribution in [0.15, 0.2) is 12.1 Å². The summed E-state index contributed by atoms with van der Waals surface area (Å²) in [5.74, 6) is 2.21. The zero-order valence-corrected chi connectivity index (χ0v) is 14.3. The van der Waals surface area contributed by atoms with Crippen molar-refractivity contribution in [2.24, 2.45) is 5.92 Å². The second-order valence-corrected chi connectivity index (χ2v) is 7.52. The van der Waals surface area contributed by atoms with Gasteiger partial charge in [-0.25, -0.2) is 0 Å². The van der Waals surface area contributed by atoms with Crippen LogP contribution >= 0.6 is 0 Å². The van der Waals surface area contributed by atoms with Gasteiger partial charge in [0.25, 0.3) is 0 Å². The van der Waals surface area contributed by atoms with Crippen molar-refractivity contribution < 1.29 is 9.53 Å². The molecule has 0 aromatic carbocycles. The third-order valence-corrected chi connectivity index (χ3v) is 5.75. The van der Waals surface area contributed by atoms with Gasteiger partial charge in [-0.1, -0.05) is 0 Å². The van der Waals surface area contributed by atoms with Crippen molar-refractivity contribution in [3.05, 3.63) is 23.7 Å². The quantitative estimate of drug-likeness (QED) is 0.850. The highest BCUT2D eigenvalue weighted by Gasteiger charge is 2.33. The number of hydrogen-bond donors (Lipinski definition) is 0. The molecule has 25 heavy (non-hydrogen) atoms. The summed E-state index contributed by atoms with van der Waals surface area (Å²) in [7, 11) is 0. The molecule has 0 spiro atoms. The molecular formula is C18H23N5O2. The molecule has 132 valence electrons. The van der Waals surface area contributed by atoms with Gasteiger partial charge in [-0.05, 0) is 44.2 Å². The van der Waals surface area contributed by atoms with E-state index in [-0.39, 0.29) is 11.8 Å². The summed E-state index contributed by atoms with van der Waals surface area (Å²) in [6.07, 6.45) is 5.19. The van der Waals surface area contributed by atoms with E-state index in [4.69, 9.17) is 9.84 Å². The summed E-state index contributed by atoms with van der Waals surface area (Å²) >= 11 is 0. The van der Waals surface area contributed by atoms with Crippen LogP contribution < -0.4 is 0 Å². The fourth-order valence-electron chi connectivity index (χ4n) is 4.02. The Hall–Kier alpha value is -2.02. The van der Waals surface area contributed by atoms with Crippen molar-refractivity contribution in [3.63, 3.8) is 0 Å². The minimum atomic E-state index is 0.0632. The zero-order valence-electron chi connectivity index (χ0n) is 14.3. The standard InChI is InChI=1S/C18H23N5O2/c24-18(14-7-10-25-11-14)22-8-5-13(6-9-22)17-20-19-16-4-3-15(12-1-2-12)21-23(16)17/h3-4,12-14H,1-2,5-11H2. The lowest BCUT2D eigenvalue weighted by Gasteiger charge is -2.32. The third kappa shape index (κ3) is 2.80. The van der Waals surface area contributed by atoms with E-state index < -0.39 is 0 Å². The van der Waals surface area contributed by atoms with E-state index in [0.717, 1.165) is 49.5 Å². The normalized spacial score (nSPS) is 25.0. The third-order valence-electron chi connectivity index (χ3n) is 5.75. The first-order chi connectivity index (χ1) is 12.3. The first-order valence-corrected chi connectivity index (χ1v) is 9.38. The summed E-state index contributed by atoms with van der Waals surface area (Å²) in [6.45, 7) is 2.88. The van der Waals surface area contributed by atoms with Gasteiger partial charge in [0.1, 0.15) is 0 Å². The summed E-state index contributed by atoms with van der Waals surface area (Å²) in [6, 6.07) is 4.10. The molecule has 3 fully saturated rings. The van der Waals surface area contributed by atoms with Crippen molar-refractivity contribution in [2.45, 2.75) is 43.9 Å². The summed E-state index contributed by atoms with van der Waals surface area (Å²) in [5, 5.41) is 13.5. The largest absolute Gasteiger partial charge is 0.381 e. The maximum atomic E-state index is 12.5. The molecule has 1 atom stereocenters. The Balaban J connectivity index is 1.31. The fraction of sp³-hybridized carbons (Fsp3) is 0.667. The number of nitrogens with zero attached hydrogens (tertiary/aromatic N) is 5. The van der Waals surface area contributed by atoms with Gasteiger partial charge < -0.3 is 9.64 Å². The number of rotatable bonds is 3. The minimum Gasteiger partial charge on any atom is -0.381 e. The van der Waals surface area contributed by atoms with E-state index in [9.17, 15) is 4.79 Å². The van der Waals surface area contributed by atoms with Crippen molar-refractivity contribution in [3.8, 4) is 0 Å². The van der Waals surface area contributed by atoms with Crippen LogP contribution in [0.1, 0.15) is 55.5 Å². The number of amides is 1. The van der Waals surface area contributed by atoms with Crippen LogP contribution in [0.25, 0.3) is 5.65 Å². The number of carbonyl (C=O) groups is 1. The van der Waals surface area contributed by atoms with Crippen molar-refractivity contribution >= 4 is 11.6 Å². The predicted octanol–water partition coefficient (Wildman–Crippen LogP) is 1.74. The van der Waals surface area contributed by atoms with E-state index in [2.05, 4.69) is 16.3 Å². The first kappa shape index (κ1) is 15.3. The molecule has 5 rings (SSSR count). The van der Waals surface area contributed by atoms with E-state index >= 15 is 0 Å². The van der Waals surface area contributed by atoms with E-state index in [1.54, 1.807) is 0 Å². The second kappa shape index (κ2) is 6.05. The molecule has 3 aliphatic rings. The summed E-state index contributed by atoms with van der Waals surface area (Å²) in [4.78, 5) is 14.5. The summed E-state index contributed by atoms with van der Waals surface area (Å²) in [5.41, 5.74) is 1.98. The average molecular weight is 341 g/mol. The van der Waals surface area contributed by atoms with Crippen molar-refractivity contribution in [1.82, 2.24) is 24.7 Å². The molecule has 1 aliphatic carbocycles. The Labute approximate surface area is 146 Å². The van der Waals surface area contributed by atoms with Gasteiger partial charge in [0.15, 0.2) is 11.5 Å². The van der Waals surface area contributed by atoms with Gasteiger partial charge in [0.05, 0.1) is 18.2 Å². The average Bonchev–Trinajstić information content (AvgIpc) is 3.20.